The van der Waals surface area contributed by atoms with Crippen LogP contribution in [-0.4, -0.2) is 29.0 Å². The molecule has 0 saturated carbocycles. The molecule has 4 rings (SSSR count). The molecule has 6 heteroatoms. The first-order valence-corrected chi connectivity index (χ1v) is 11.1. The summed E-state index contributed by atoms with van der Waals surface area (Å²) in [5.74, 6) is 0.774. The summed E-state index contributed by atoms with van der Waals surface area (Å²) in [6, 6.07) is 10.6. The van der Waals surface area contributed by atoms with Crippen LogP contribution in [0, 0.1) is 19.3 Å². The first-order valence-electron chi connectivity index (χ1n) is 11.1. The van der Waals surface area contributed by atoms with Crippen molar-refractivity contribution in [1.29, 1.82) is 0 Å². The van der Waals surface area contributed by atoms with Crippen molar-refractivity contribution in [3.8, 4) is 0 Å². The van der Waals surface area contributed by atoms with Gasteiger partial charge in [0.25, 0.3) is 0 Å². The summed E-state index contributed by atoms with van der Waals surface area (Å²) in [7, 11) is 0. The quantitative estimate of drug-likeness (QED) is 0.532. The van der Waals surface area contributed by atoms with Crippen molar-refractivity contribution >= 4 is 34.3 Å². The van der Waals surface area contributed by atoms with Gasteiger partial charge in [-0.15, -0.1) is 0 Å². The molecule has 0 atom stereocenters. The number of nitrogens with zero attached hydrogens (tertiary/aromatic N) is 2. The average Bonchev–Trinajstić information content (AvgIpc) is 3.36. The predicted octanol–water partition coefficient (Wildman–Crippen LogP) is 5.19. The van der Waals surface area contributed by atoms with Gasteiger partial charge in [-0.1, -0.05) is 32.9 Å². The Morgan fingerprint density at radius 2 is 1.84 bits per heavy atom. The van der Waals surface area contributed by atoms with Gasteiger partial charge in [0.2, 0.25) is 11.9 Å². The predicted molar refractivity (Wildman–Crippen MR) is 128 cm³/mol. The fourth-order valence-corrected chi connectivity index (χ4v) is 4.00. The number of fused-ring (bicyclic) bond motifs is 1. The Bertz CT molecular complexity index is 1100. The van der Waals surface area contributed by atoms with Gasteiger partial charge in [0.15, 0.2) is 0 Å². The minimum absolute atomic E-state index is 0.0454. The first kappa shape index (κ1) is 21.2. The molecule has 0 spiro atoms. The number of rotatable bonds is 5. The van der Waals surface area contributed by atoms with Crippen LogP contribution in [0.4, 0.5) is 17.3 Å². The maximum atomic E-state index is 12.2. The van der Waals surface area contributed by atoms with Gasteiger partial charge in [0.05, 0.1) is 11.0 Å². The summed E-state index contributed by atoms with van der Waals surface area (Å²) >= 11 is 0. The Labute approximate surface area is 184 Å². The smallest absolute Gasteiger partial charge is 0.225 e. The molecule has 0 radical (unpaired) electrons. The zero-order valence-corrected chi connectivity index (χ0v) is 19.2. The van der Waals surface area contributed by atoms with Crippen LogP contribution >= 0.6 is 0 Å². The lowest BCUT2D eigenvalue weighted by atomic mass is 9.95. The van der Waals surface area contributed by atoms with Crippen molar-refractivity contribution in [2.24, 2.45) is 5.41 Å². The Morgan fingerprint density at radius 3 is 2.55 bits per heavy atom. The molecule has 3 aromatic rings. The molecule has 6 nitrogen and oxygen atoms in total. The summed E-state index contributed by atoms with van der Waals surface area (Å²) in [4.78, 5) is 22.8. The third kappa shape index (κ3) is 4.68. The van der Waals surface area contributed by atoms with Gasteiger partial charge in [-0.2, -0.15) is 0 Å². The molecule has 1 fully saturated rings. The molecule has 31 heavy (non-hydrogen) atoms. The van der Waals surface area contributed by atoms with Crippen LogP contribution in [0.1, 0.15) is 50.3 Å². The number of amides is 1. The van der Waals surface area contributed by atoms with E-state index in [1.54, 1.807) is 0 Å². The number of H-pyrrole nitrogens is 1. The van der Waals surface area contributed by atoms with Gasteiger partial charge in [0, 0.05) is 36.4 Å². The van der Waals surface area contributed by atoms with E-state index in [-0.39, 0.29) is 5.91 Å². The molecule has 1 aliphatic rings. The number of aromatic amines is 1. The Morgan fingerprint density at radius 1 is 1.10 bits per heavy atom. The van der Waals surface area contributed by atoms with E-state index >= 15 is 0 Å². The molecule has 0 unspecified atom stereocenters. The van der Waals surface area contributed by atoms with Crippen molar-refractivity contribution in [3.05, 3.63) is 47.0 Å². The van der Waals surface area contributed by atoms with Crippen molar-refractivity contribution in [1.82, 2.24) is 15.3 Å². The second-order valence-electron chi connectivity index (χ2n) is 9.64. The highest BCUT2D eigenvalue weighted by Gasteiger charge is 2.20. The molecular formula is C25H33N5O. The second-order valence-corrected chi connectivity index (χ2v) is 9.64. The lowest BCUT2D eigenvalue weighted by Crippen LogP contribution is -2.34. The SMILES string of the molecule is Cc1ccc(CNC(=O)C(C)(C)C)cc1Nc1nc2cc(N3CCCC3)c(C)cc2[nH]1. The van der Waals surface area contributed by atoms with Crippen LogP contribution in [-0.2, 0) is 11.3 Å². The summed E-state index contributed by atoms with van der Waals surface area (Å²) in [5.41, 5.74) is 7.34. The minimum Gasteiger partial charge on any atom is -0.371 e. The molecule has 1 amide bonds. The Balaban J connectivity index is 1.53. The number of imidazole rings is 1. The van der Waals surface area contributed by atoms with E-state index in [0.29, 0.717) is 6.54 Å². The summed E-state index contributed by atoms with van der Waals surface area (Å²) in [6.07, 6.45) is 2.52. The molecule has 0 aliphatic carbocycles. The maximum absolute atomic E-state index is 12.2. The largest absolute Gasteiger partial charge is 0.371 e. The fourth-order valence-electron chi connectivity index (χ4n) is 4.00. The monoisotopic (exact) mass is 419 g/mol. The van der Waals surface area contributed by atoms with Crippen LogP contribution in [0.25, 0.3) is 11.0 Å². The molecule has 1 aliphatic heterocycles. The highest BCUT2D eigenvalue weighted by atomic mass is 16.2. The number of benzene rings is 2. The normalized spacial score (nSPS) is 14.3. The third-order valence-electron chi connectivity index (χ3n) is 5.94. The van der Waals surface area contributed by atoms with Gasteiger partial charge in [0.1, 0.15) is 0 Å². The highest BCUT2D eigenvalue weighted by Crippen LogP contribution is 2.30. The van der Waals surface area contributed by atoms with E-state index in [9.17, 15) is 4.79 Å². The molecule has 2 heterocycles. The van der Waals surface area contributed by atoms with Gasteiger partial charge >= 0.3 is 0 Å². The topological polar surface area (TPSA) is 73.1 Å². The standard InChI is InChI=1S/C25H33N5O/c1-16-8-9-18(15-26-23(31)25(3,4)5)13-19(16)27-24-28-20-12-17(2)22(14-21(20)29-24)30-10-6-7-11-30/h8-9,12-14H,6-7,10-11,15H2,1-5H3,(H,26,31)(H2,27,28,29). The molecule has 1 saturated heterocycles. The zero-order valence-electron chi connectivity index (χ0n) is 19.2. The second kappa shape index (κ2) is 8.25. The Kier molecular flexibility index (Phi) is 5.65. The van der Waals surface area contributed by atoms with Crippen LogP contribution < -0.4 is 15.5 Å². The number of nitrogens with one attached hydrogen (secondary N) is 3. The van der Waals surface area contributed by atoms with Crippen molar-refractivity contribution in [2.45, 2.75) is 54.0 Å². The van der Waals surface area contributed by atoms with Gasteiger partial charge in [-0.3, -0.25) is 4.79 Å². The van der Waals surface area contributed by atoms with Gasteiger partial charge < -0.3 is 20.5 Å². The van der Waals surface area contributed by atoms with E-state index in [4.69, 9.17) is 4.98 Å². The minimum atomic E-state index is -0.397. The highest BCUT2D eigenvalue weighted by molar-refractivity contribution is 5.84. The number of aromatic nitrogens is 2. The fraction of sp³-hybridized carbons (Fsp3) is 0.440. The van der Waals surface area contributed by atoms with Gasteiger partial charge in [-0.25, -0.2) is 4.98 Å². The molecule has 3 N–H and O–H groups in total. The lowest BCUT2D eigenvalue weighted by Gasteiger charge is -2.19. The molecule has 164 valence electrons. The van der Waals surface area contributed by atoms with E-state index in [0.717, 1.165) is 46.9 Å². The summed E-state index contributed by atoms with van der Waals surface area (Å²) in [5, 5.41) is 6.45. The Hall–Kier alpha value is -3.02. The number of hydrogen-bond acceptors (Lipinski definition) is 4. The number of carbonyl (C=O) groups excluding carboxylic acids is 1. The third-order valence-corrected chi connectivity index (χ3v) is 5.94. The first-order chi connectivity index (χ1) is 14.7. The van der Waals surface area contributed by atoms with E-state index in [2.05, 4.69) is 58.6 Å². The maximum Gasteiger partial charge on any atom is 0.225 e. The number of hydrogen-bond donors (Lipinski definition) is 3. The van der Waals surface area contributed by atoms with Crippen molar-refractivity contribution in [2.75, 3.05) is 23.3 Å². The number of aryl methyl sites for hydroxylation is 2. The van der Waals surface area contributed by atoms with Crippen molar-refractivity contribution in [3.63, 3.8) is 0 Å². The number of anilines is 3. The van der Waals surface area contributed by atoms with E-state index in [1.807, 2.05) is 26.8 Å². The molecular weight excluding hydrogens is 386 g/mol. The van der Waals surface area contributed by atoms with E-state index in [1.165, 1.54) is 24.1 Å². The van der Waals surface area contributed by atoms with Crippen LogP contribution in [0.2, 0.25) is 0 Å². The van der Waals surface area contributed by atoms with Crippen molar-refractivity contribution < 1.29 is 4.79 Å². The van der Waals surface area contributed by atoms with Gasteiger partial charge in [-0.05, 0) is 61.6 Å². The molecule has 1 aromatic heterocycles. The average molecular weight is 420 g/mol. The molecule has 2 aromatic carbocycles. The van der Waals surface area contributed by atoms with Crippen LogP contribution in [0.15, 0.2) is 30.3 Å². The van der Waals surface area contributed by atoms with Crippen LogP contribution in [0.3, 0.4) is 0 Å². The zero-order chi connectivity index (χ0) is 22.2. The summed E-state index contributed by atoms with van der Waals surface area (Å²) < 4.78 is 0. The van der Waals surface area contributed by atoms with E-state index < -0.39 is 5.41 Å². The number of carbonyl (C=O) groups is 1. The molecule has 0 bridgehead atoms. The lowest BCUT2D eigenvalue weighted by molar-refractivity contribution is -0.128. The van der Waals surface area contributed by atoms with Crippen LogP contribution in [0.5, 0.6) is 0 Å². The summed E-state index contributed by atoms with van der Waals surface area (Å²) in [6.45, 7) is 12.7.